The summed E-state index contributed by atoms with van der Waals surface area (Å²) in [5.74, 6) is 0.856. The molecule has 3 rings (SSSR count). The van der Waals surface area contributed by atoms with Gasteiger partial charge in [-0.1, -0.05) is 28.4 Å². The molecule has 1 aromatic heterocycles. The standard InChI is InChI=1S/C20H26ClN3O4/c1-13-5-6-16(21)15(11-13)18-22-17(23-28-18)12-26-14-7-9-24(10-8-14)19(25)27-20(2,3)4/h5-6,11,14H,7-10,12H2,1-4H3. The molecule has 8 heteroatoms. The molecule has 152 valence electrons. The Morgan fingerprint density at radius 2 is 2.04 bits per heavy atom. The van der Waals surface area contributed by atoms with Crippen LogP contribution in [0, 0.1) is 6.92 Å². The number of hydrogen-bond acceptors (Lipinski definition) is 6. The SMILES string of the molecule is Cc1ccc(Cl)c(-c2nc(COC3CCN(C(=O)OC(C)(C)C)CC3)no2)c1. The van der Waals surface area contributed by atoms with Crippen molar-refractivity contribution in [1.29, 1.82) is 0 Å². The maximum absolute atomic E-state index is 12.1. The number of hydrogen-bond donors (Lipinski definition) is 0. The maximum Gasteiger partial charge on any atom is 0.410 e. The first-order valence-electron chi connectivity index (χ1n) is 9.40. The fourth-order valence-electron chi connectivity index (χ4n) is 2.95. The van der Waals surface area contributed by atoms with Crippen LogP contribution in [0.15, 0.2) is 22.7 Å². The zero-order chi connectivity index (χ0) is 20.3. The molecule has 2 aromatic rings. The number of benzene rings is 1. The van der Waals surface area contributed by atoms with Gasteiger partial charge in [0.2, 0.25) is 0 Å². The second-order valence-electron chi connectivity index (χ2n) is 7.98. The molecule has 2 heterocycles. The number of halogens is 1. The Kier molecular flexibility index (Phi) is 6.25. The van der Waals surface area contributed by atoms with Crippen LogP contribution in [0.4, 0.5) is 4.79 Å². The monoisotopic (exact) mass is 407 g/mol. The molecule has 28 heavy (non-hydrogen) atoms. The number of aromatic nitrogens is 2. The molecular weight excluding hydrogens is 382 g/mol. The topological polar surface area (TPSA) is 77.7 Å². The van der Waals surface area contributed by atoms with Crippen LogP contribution < -0.4 is 0 Å². The van der Waals surface area contributed by atoms with E-state index in [2.05, 4.69) is 10.1 Å². The van der Waals surface area contributed by atoms with Crippen LogP contribution in [0.25, 0.3) is 11.5 Å². The van der Waals surface area contributed by atoms with Crippen molar-refractivity contribution in [2.24, 2.45) is 0 Å². The molecule has 1 fully saturated rings. The van der Waals surface area contributed by atoms with Crippen molar-refractivity contribution in [1.82, 2.24) is 15.0 Å². The number of carbonyl (C=O) groups excluding carboxylic acids is 1. The van der Waals surface area contributed by atoms with Gasteiger partial charge in [0.1, 0.15) is 12.2 Å². The van der Waals surface area contributed by atoms with E-state index in [1.165, 1.54) is 0 Å². The lowest BCUT2D eigenvalue weighted by Gasteiger charge is -2.33. The third-order valence-electron chi connectivity index (χ3n) is 4.36. The Labute approximate surface area is 169 Å². The quantitative estimate of drug-likeness (QED) is 0.736. The fraction of sp³-hybridized carbons (Fsp3) is 0.550. The van der Waals surface area contributed by atoms with Gasteiger partial charge in [-0.2, -0.15) is 4.98 Å². The van der Waals surface area contributed by atoms with Gasteiger partial charge in [-0.3, -0.25) is 0 Å². The molecule has 7 nitrogen and oxygen atoms in total. The first kappa shape index (κ1) is 20.6. The van der Waals surface area contributed by atoms with E-state index in [4.69, 9.17) is 25.6 Å². The maximum atomic E-state index is 12.1. The molecule has 0 atom stereocenters. The molecular formula is C20H26ClN3O4. The first-order valence-corrected chi connectivity index (χ1v) is 9.78. The summed E-state index contributed by atoms with van der Waals surface area (Å²) < 4.78 is 16.6. The second kappa shape index (κ2) is 8.49. The Bertz CT molecular complexity index is 823. The molecule has 1 amide bonds. The highest BCUT2D eigenvalue weighted by Gasteiger charge is 2.27. The average molecular weight is 408 g/mol. The zero-order valence-corrected chi connectivity index (χ0v) is 17.5. The summed E-state index contributed by atoms with van der Waals surface area (Å²) in [4.78, 5) is 18.2. The molecule has 1 aliphatic heterocycles. The number of piperidine rings is 1. The highest BCUT2D eigenvalue weighted by Crippen LogP contribution is 2.27. The minimum absolute atomic E-state index is 0.0446. The third-order valence-corrected chi connectivity index (χ3v) is 4.69. The lowest BCUT2D eigenvalue weighted by molar-refractivity contribution is -0.0190. The summed E-state index contributed by atoms with van der Waals surface area (Å²) in [5, 5.41) is 4.54. The molecule has 0 unspecified atom stereocenters. The largest absolute Gasteiger partial charge is 0.444 e. The predicted octanol–water partition coefficient (Wildman–Crippen LogP) is 4.61. The Morgan fingerprint density at radius 1 is 1.32 bits per heavy atom. The second-order valence-corrected chi connectivity index (χ2v) is 8.38. The van der Waals surface area contributed by atoms with Gasteiger partial charge in [0.15, 0.2) is 5.82 Å². The van der Waals surface area contributed by atoms with Crippen LogP contribution in [0.2, 0.25) is 5.02 Å². The summed E-state index contributed by atoms with van der Waals surface area (Å²) >= 11 is 6.22. The Hall–Kier alpha value is -2.12. The third kappa shape index (κ3) is 5.45. The van der Waals surface area contributed by atoms with Crippen molar-refractivity contribution < 1.29 is 18.8 Å². The summed E-state index contributed by atoms with van der Waals surface area (Å²) in [6, 6.07) is 5.65. The van der Waals surface area contributed by atoms with Crippen LogP contribution in [0.5, 0.6) is 0 Å². The van der Waals surface area contributed by atoms with Gasteiger partial charge in [-0.15, -0.1) is 0 Å². The van der Waals surface area contributed by atoms with Gasteiger partial charge in [0.05, 0.1) is 16.7 Å². The van der Waals surface area contributed by atoms with Crippen LogP contribution in [0.1, 0.15) is 45.0 Å². The lowest BCUT2D eigenvalue weighted by atomic mass is 10.1. The number of likely N-dealkylation sites (tertiary alicyclic amines) is 1. The summed E-state index contributed by atoms with van der Waals surface area (Å²) in [6.45, 7) is 9.04. The number of amides is 1. The van der Waals surface area contributed by atoms with Crippen molar-refractivity contribution in [3.63, 3.8) is 0 Å². The average Bonchev–Trinajstić information content (AvgIpc) is 3.10. The molecule has 0 radical (unpaired) electrons. The van der Waals surface area contributed by atoms with E-state index in [0.717, 1.165) is 18.4 Å². The van der Waals surface area contributed by atoms with Gasteiger partial charge in [-0.05, 0) is 52.7 Å². The van der Waals surface area contributed by atoms with Crippen molar-refractivity contribution in [2.75, 3.05) is 13.1 Å². The van der Waals surface area contributed by atoms with Gasteiger partial charge in [0, 0.05) is 13.1 Å². The van der Waals surface area contributed by atoms with Crippen LogP contribution in [-0.2, 0) is 16.1 Å². The summed E-state index contributed by atoms with van der Waals surface area (Å²) in [5.41, 5.74) is 1.29. The molecule has 0 N–H and O–H groups in total. The molecule has 0 spiro atoms. The van der Waals surface area contributed by atoms with Gasteiger partial charge in [0.25, 0.3) is 5.89 Å². The van der Waals surface area contributed by atoms with Crippen LogP contribution >= 0.6 is 11.6 Å². The summed E-state index contributed by atoms with van der Waals surface area (Å²) in [7, 11) is 0. The Balaban J connectivity index is 1.49. The van der Waals surface area contributed by atoms with Crippen molar-refractivity contribution in [3.05, 3.63) is 34.6 Å². The number of ether oxygens (including phenoxy) is 2. The van der Waals surface area contributed by atoms with E-state index in [1.54, 1.807) is 4.90 Å². The number of nitrogens with zero attached hydrogens (tertiary/aromatic N) is 3. The molecule has 1 saturated heterocycles. The van der Waals surface area contributed by atoms with Gasteiger partial charge >= 0.3 is 6.09 Å². The first-order chi connectivity index (χ1) is 13.2. The van der Waals surface area contributed by atoms with Gasteiger partial charge in [-0.25, -0.2) is 4.79 Å². The molecule has 0 bridgehead atoms. The van der Waals surface area contributed by atoms with E-state index in [-0.39, 0.29) is 18.8 Å². The smallest absolute Gasteiger partial charge is 0.410 e. The van der Waals surface area contributed by atoms with E-state index in [9.17, 15) is 4.79 Å². The highest BCUT2D eigenvalue weighted by molar-refractivity contribution is 6.33. The normalized spacial score (nSPS) is 15.7. The fourth-order valence-corrected chi connectivity index (χ4v) is 3.15. The molecule has 0 aliphatic carbocycles. The molecule has 0 saturated carbocycles. The zero-order valence-electron chi connectivity index (χ0n) is 16.7. The highest BCUT2D eigenvalue weighted by atomic mass is 35.5. The van der Waals surface area contributed by atoms with Crippen molar-refractivity contribution >= 4 is 17.7 Å². The number of aryl methyl sites for hydroxylation is 1. The van der Waals surface area contributed by atoms with Gasteiger partial charge < -0.3 is 18.9 Å². The predicted molar refractivity (Wildman–Crippen MR) is 105 cm³/mol. The van der Waals surface area contributed by atoms with E-state index in [0.29, 0.717) is 35.4 Å². The van der Waals surface area contributed by atoms with E-state index >= 15 is 0 Å². The number of rotatable bonds is 4. The minimum atomic E-state index is -0.485. The van der Waals surface area contributed by atoms with E-state index in [1.807, 2.05) is 45.9 Å². The van der Waals surface area contributed by atoms with Crippen molar-refractivity contribution in [3.8, 4) is 11.5 Å². The van der Waals surface area contributed by atoms with Crippen LogP contribution in [0.3, 0.4) is 0 Å². The molecule has 1 aromatic carbocycles. The van der Waals surface area contributed by atoms with E-state index < -0.39 is 5.60 Å². The number of carbonyl (C=O) groups is 1. The van der Waals surface area contributed by atoms with Crippen molar-refractivity contribution in [2.45, 2.75) is 58.8 Å². The lowest BCUT2D eigenvalue weighted by Crippen LogP contribution is -2.43. The summed E-state index contributed by atoms with van der Waals surface area (Å²) in [6.07, 6.45) is 1.26. The Morgan fingerprint density at radius 3 is 2.71 bits per heavy atom. The molecule has 1 aliphatic rings. The van der Waals surface area contributed by atoms with Crippen LogP contribution in [-0.4, -0.2) is 45.9 Å². The minimum Gasteiger partial charge on any atom is -0.444 e.